The number of nitrogens with zero attached hydrogens (tertiary/aromatic N) is 2. The van der Waals surface area contributed by atoms with E-state index in [1.54, 1.807) is 68.4 Å². The summed E-state index contributed by atoms with van der Waals surface area (Å²) in [6, 6.07) is 6.47. The molecule has 0 radical (unpaired) electrons. The SMILES string of the molecule is COc1ccc(C[C@H](NC(=O)CCS)C(=O)N[C@@H](Cc2ccccc2)C(=O)N[C@H](C(=O)N[C@@H](CC(N)=O)C(=O)N[C@@H](CS)C(=O)N2CCC[C@H]2C(=O)N[C@H](CCCN=C(N)N)C(=O)NCC(N)=O)C(C)C)cc1. The number of carbonyl (C=O) groups excluding carboxylic acids is 10. The first-order valence-corrected chi connectivity index (χ1v) is 24.8. The lowest BCUT2D eigenvalue weighted by Gasteiger charge is -2.30. The molecular formula is C47H69N13O11S2. The van der Waals surface area contributed by atoms with Crippen LogP contribution >= 0.6 is 25.3 Å². The maximum atomic E-state index is 14.3. The van der Waals surface area contributed by atoms with Crippen LogP contribution in [0, 0.1) is 5.92 Å². The first kappa shape index (κ1) is 60.2. The van der Waals surface area contributed by atoms with E-state index in [-0.39, 0.29) is 69.1 Å². The molecule has 15 N–H and O–H groups in total. The van der Waals surface area contributed by atoms with E-state index in [4.69, 9.17) is 27.7 Å². The average molecular weight is 1060 g/mol. The number of guanidine groups is 1. The number of methoxy groups -OCH3 is 1. The Morgan fingerprint density at radius 2 is 1.29 bits per heavy atom. The minimum atomic E-state index is -1.67. The van der Waals surface area contributed by atoms with Crippen LogP contribution in [0.2, 0.25) is 0 Å². The molecule has 0 bridgehead atoms. The molecule has 0 aromatic heterocycles. The second-order valence-electron chi connectivity index (χ2n) is 17.5. The second-order valence-corrected chi connectivity index (χ2v) is 18.3. The highest BCUT2D eigenvalue weighted by molar-refractivity contribution is 7.80. The standard InChI is InChI=1S/C47H69N13O11S2/c1-26(2)39(59-43(67)32(21-27-9-5-4-6-10-27)56-41(65)31(54-38(63)17-20-72)22-28-13-15-29(71-3)16-14-28)45(69)57-33(23-36(48)61)42(66)58-34(25-73)46(70)60-19-8-12-35(60)44(68)55-30(11-7-18-52-47(50)51)40(64)53-24-37(49)62/h4-6,9-10,13-16,26,30-35,39,72-73H,7-8,11-12,17-25H2,1-3H3,(H2,48,61)(H2,49,62)(H,53,64)(H,54,63)(H,55,68)(H,56,65)(H,57,69)(H,58,66)(H,59,67)(H4,50,51,52)/t30-,31+,32+,33+,34+,35+,39+/m1/s1. The smallest absolute Gasteiger partial charge is 0.246 e. The number of rotatable bonds is 30. The number of primary amides is 2. The number of nitrogens with two attached hydrogens (primary N) is 4. The number of benzene rings is 2. The third-order valence-electron chi connectivity index (χ3n) is 11.4. The summed E-state index contributed by atoms with van der Waals surface area (Å²) in [6.45, 7) is 2.94. The van der Waals surface area contributed by atoms with Crippen LogP contribution in [0.4, 0.5) is 0 Å². The molecular weight excluding hydrogens is 987 g/mol. The predicted octanol–water partition coefficient (Wildman–Crippen LogP) is -3.18. The summed E-state index contributed by atoms with van der Waals surface area (Å²) in [5.74, 6) is -8.15. The predicted molar refractivity (Wildman–Crippen MR) is 276 cm³/mol. The molecule has 0 spiro atoms. The molecule has 400 valence electrons. The Bertz CT molecular complexity index is 2270. The van der Waals surface area contributed by atoms with Gasteiger partial charge >= 0.3 is 0 Å². The monoisotopic (exact) mass is 1060 g/mol. The van der Waals surface area contributed by atoms with Crippen molar-refractivity contribution in [3.63, 3.8) is 0 Å². The zero-order chi connectivity index (χ0) is 54.2. The van der Waals surface area contributed by atoms with Gasteiger partial charge in [-0.2, -0.15) is 25.3 Å². The molecule has 0 saturated carbocycles. The van der Waals surface area contributed by atoms with Crippen molar-refractivity contribution < 1.29 is 52.7 Å². The van der Waals surface area contributed by atoms with Crippen molar-refractivity contribution in [2.75, 3.05) is 38.2 Å². The van der Waals surface area contributed by atoms with E-state index < -0.39 is 120 Å². The molecule has 73 heavy (non-hydrogen) atoms. The lowest BCUT2D eigenvalue weighted by Crippen LogP contribution is -2.61. The highest BCUT2D eigenvalue weighted by Crippen LogP contribution is 2.20. The van der Waals surface area contributed by atoms with Gasteiger partial charge in [0, 0.05) is 38.1 Å². The van der Waals surface area contributed by atoms with Gasteiger partial charge < -0.3 is 69.8 Å². The maximum absolute atomic E-state index is 14.3. The lowest BCUT2D eigenvalue weighted by molar-refractivity contribution is -0.142. The van der Waals surface area contributed by atoms with Crippen LogP contribution in [0.1, 0.15) is 63.5 Å². The molecule has 0 unspecified atom stereocenters. The highest BCUT2D eigenvalue weighted by atomic mass is 32.1. The summed E-state index contributed by atoms with van der Waals surface area (Å²) in [5.41, 5.74) is 22.8. The molecule has 24 nitrogen and oxygen atoms in total. The summed E-state index contributed by atoms with van der Waals surface area (Å²) in [7, 11) is 1.51. The summed E-state index contributed by atoms with van der Waals surface area (Å²) >= 11 is 8.41. The van der Waals surface area contributed by atoms with Crippen molar-refractivity contribution in [2.24, 2.45) is 33.8 Å². The van der Waals surface area contributed by atoms with Gasteiger partial charge in [0.2, 0.25) is 59.1 Å². The molecule has 1 aliphatic heterocycles. The van der Waals surface area contributed by atoms with Gasteiger partial charge in [-0.1, -0.05) is 56.3 Å². The maximum Gasteiger partial charge on any atom is 0.246 e. The van der Waals surface area contributed by atoms with Crippen LogP contribution in [-0.2, 0) is 60.8 Å². The van der Waals surface area contributed by atoms with Gasteiger partial charge in [0.1, 0.15) is 48.0 Å². The number of ether oxygens (including phenoxy) is 1. The van der Waals surface area contributed by atoms with E-state index in [2.05, 4.69) is 67.5 Å². The Kier molecular flexibility index (Phi) is 25.3. The molecule has 10 amide bonds. The second kappa shape index (κ2) is 30.7. The van der Waals surface area contributed by atoms with Gasteiger partial charge in [0.15, 0.2) is 5.96 Å². The Hall–Kier alpha value is -7.09. The summed E-state index contributed by atoms with van der Waals surface area (Å²) in [6.07, 6.45) is 0.148. The number of likely N-dealkylation sites (tertiary alicyclic amines) is 1. The van der Waals surface area contributed by atoms with E-state index in [0.717, 1.165) is 0 Å². The first-order valence-electron chi connectivity index (χ1n) is 23.6. The van der Waals surface area contributed by atoms with E-state index in [1.165, 1.54) is 12.0 Å². The van der Waals surface area contributed by atoms with Crippen LogP contribution in [0.15, 0.2) is 59.6 Å². The number of thiol groups is 2. The van der Waals surface area contributed by atoms with Crippen LogP contribution in [0.3, 0.4) is 0 Å². The molecule has 2 aromatic rings. The number of amides is 10. The fourth-order valence-corrected chi connectivity index (χ4v) is 8.12. The number of hydrogen-bond acceptors (Lipinski definition) is 14. The zero-order valence-electron chi connectivity index (χ0n) is 41.1. The number of nitrogens with one attached hydrogen (secondary N) is 7. The van der Waals surface area contributed by atoms with Crippen molar-refractivity contribution >= 4 is 90.3 Å². The summed E-state index contributed by atoms with van der Waals surface area (Å²) in [5, 5.41) is 18.1. The van der Waals surface area contributed by atoms with E-state index in [1.807, 2.05) is 0 Å². The van der Waals surface area contributed by atoms with Crippen molar-refractivity contribution in [2.45, 2.75) is 108 Å². The number of aliphatic imine (C=N–C) groups is 1. The fourth-order valence-electron chi connectivity index (χ4n) is 7.67. The van der Waals surface area contributed by atoms with Crippen LogP contribution in [0.5, 0.6) is 5.75 Å². The molecule has 7 atom stereocenters. The Morgan fingerprint density at radius 3 is 1.86 bits per heavy atom. The van der Waals surface area contributed by atoms with E-state index >= 15 is 0 Å². The van der Waals surface area contributed by atoms with Crippen LogP contribution in [0.25, 0.3) is 0 Å². The van der Waals surface area contributed by atoms with Gasteiger partial charge in [-0.05, 0) is 60.6 Å². The van der Waals surface area contributed by atoms with Gasteiger partial charge in [0.05, 0.1) is 20.1 Å². The summed E-state index contributed by atoms with van der Waals surface area (Å²) < 4.78 is 5.24. The van der Waals surface area contributed by atoms with Gasteiger partial charge in [-0.25, -0.2) is 0 Å². The van der Waals surface area contributed by atoms with Crippen LogP contribution in [-0.4, -0.2) is 150 Å². The number of hydrogen-bond donors (Lipinski definition) is 13. The van der Waals surface area contributed by atoms with Gasteiger partial charge in [0.25, 0.3) is 0 Å². The molecule has 1 fully saturated rings. The zero-order valence-corrected chi connectivity index (χ0v) is 42.9. The van der Waals surface area contributed by atoms with Crippen molar-refractivity contribution in [3.05, 3.63) is 65.7 Å². The Morgan fingerprint density at radius 1 is 0.699 bits per heavy atom. The molecule has 26 heteroatoms. The van der Waals surface area contributed by atoms with Gasteiger partial charge in [-0.15, -0.1) is 0 Å². The lowest BCUT2D eigenvalue weighted by atomic mass is 9.99. The minimum Gasteiger partial charge on any atom is -0.497 e. The largest absolute Gasteiger partial charge is 0.497 e. The normalized spacial score (nSPS) is 15.4. The topological polar surface area (TPSA) is 384 Å². The van der Waals surface area contributed by atoms with Crippen molar-refractivity contribution in [1.29, 1.82) is 0 Å². The number of carbonyl (C=O) groups is 10. The Labute approximate surface area is 434 Å². The Balaban J connectivity index is 1.81. The van der Waals surface area contributed by atoms with E-state index in [9.17, 15) is 47.9 Å². The quantitative estimate of drug-likeness (QED) is 0.0159. The summed E-state index contributed by atoms with van der Waals surface area (Å²) in [4.78, 5) is 139. The van der Waals surface area contributed by atoms with E-state index in [0.29, 0.717) is 23.3 Å². The minimum absolute atomic E-state index is 0.0169. The van der Waals surface area contributed by atoms with Gasteiger partial charge in [-0.3, -0.25) is 52.9 Å². The molecule has 1 heterocycles. The third-order valence-corrected chi connectivity index (χ3v) is 12.0. The molecule has 1 saturated heterocycles. The molecule has 2 aromatic carbocycles. The average Bonchev–Trinajstić information content (AvgIpc) is 3.85. The molecule has 1 aliphatic rings. The van der Waals surface area contributed by atoms with Crippen LogP contribution < -0.4 is 64.9 Å². The third kappa shape index (κ3) is 20.5. The molecule has 0 aliphatic carbocycles. The van der Waals surface area contributed by atoms with Crippen molar-refractivity contribution in [3.8, 4) is 5.75 Å². The van der Waals surface area contributed by atoms with Crippen molar-refractivity contribution in [1.82, 2.24) is 42.1 Å². The highest BCUT2D eigenvalue weighted by Gasteiger charge is 2.40. The first-order chi connectivity index (χ1) is 34.7. The molecule has 3 rings (SSSR count). The fraction of sp³-hybridized carbons (Fsp3) is 0.511.